The summed E-state index contributed by atoms with van der Waals surface area (Å²) in [5.74, 6) is 0. The van der Waals surface area contributed by atoms with Gasteiger partial charge in [-0.25, -0.2) is 0 Å². The van der Waals surface area contributed by atoms with Crippen LogP contribution in [0.3, 0.4) is 0 Å². The molecule has 0 radical (unpaired) electrons. The summed E-state index contributed by atoms with van der Waals surface area (Å²) in [4.78, 5) is 5.39. The predicted molar refractivity (Wildman–Crippen MR) is 229 cm³/mol. The van der Waals surface area contributed by atoms with E-state index >= 15 is 0 Å². The molecule has 2 aromatic carbocycles. The Hall–Kier alpha value is -1.81. The fourth-order valence-corrected chi connectivity index (χ4v) is 9.87. The Morgan fingerprint density at radius 3 is 1.08 bits per heavy atom. The lowest BCUT2D eigenvalue weighted by Gasteiger charge is -2.36. The fraction of sp³-hybridized carbons (Fsp3) is 0.545. The van der Waals surface area contributed by atoms with Crippen LogP contribution in [-0.4, -0.2) is 29.8 Å². The van der Waals surface area contributed by atoms with Gasteiger partial charge in [0.25, 0.3) is 0 Å². The predicted octanol–water partition coefficient (Wildman–Crippen LogP) is 15.1. The third-order valence-corrected chi connectivity index (χ3v) is 22.7. The molecule has 50 heavy (non-hydrogen) atoms. The molecule has 0 spiro atoms. The second-order valence-electron chi connectivity index (χ2n) is 17.3. The third kappa shape index (κ3) is 12.1. The Kier molecular flexibility index (Phi) is 15.0. The first kappa shape index (κ1) is 41.0. The van der Waals surface area contributed by atoms with Crippen LogP contribution in [0.15, 0.2) is 72.8 Å². The molecule has 0 atom stereocenters. The molecule has 0 aliphatic heterocycles. The van der Waals surface area contributed by atoms with Crippen molar-refractivity contribution in [3.63, 3.8) is 0 Å². The minimum Gasteiger partial charge on any atom is -0.417 e. The molecule has 0 unspecified atom stereocenters. The van der Waals surface area contributed by atoms with Crippen LogP contribution in [0.4, 0.5) is 0 Å². The molecule has 0 fully saturated rings. The fourth-order valence-electron chi connectivity index (χ4n) is 5.58. The Balaban J connectivity index is 1.17. The Bertz CT molecular complexity index is 1450. The van der Waals surface area contributed by atoms with Crippen molar-refractivity contribution in [2.24, 2.45) is 0 Å². The summed E-state index contributed by atoms with van der Waals surface area (Å²) in [6, 6.07) is 27.7. The van der Waals surface area contributed by atoms with Crippen LogP contribution in [-0.2, 0) is 21.7 Å². The van der Waals surface area contributed by atoms with Crippen molar-refractivity contribution in [1.29, 1.82) is 0 Å². The number of hydrogen-bond acceptors (Lipinski definition) is 4. The number of hydrogen-bond donors (Lipinski definition) is 0. The molecule has 2 heterocycles. The molecular formula is C44H66O2S2Si2. The second kappa shape index (κ2) is 18.3. The maximum atomic E-state index is 6.34. The van der Waals surface area contributed by atoms with Gasteiger partial charge in [-0.15, -0.1) is 22.7 Å². The van der Waals surface area contributed by atoms with E-state index in [0.717, 1.165) is 26.1 Å². The van der Waals surface area contributed by atoms with E-state index < -0.39 is 16.6 Å². The number of benzene rings is 2. The molecule has 0 amide bonds. The summed E-state index contributed by atoms with van der Waals surface area (Å²) in [5, 5.41) is 0.597. The van der Waals surface area contributed by atoms with Crippen molar-refractivity contribution in [1.82, 2.24) is 0 Å². The van der Waals surface area contributed by atoms with E-state index in [0.29, 0.717) is 10.1 Å². The largest absolute Gasteiger partial charge is 0.417 e. The molecule has 4 rings (SSSR count). The molecule has 0 N–H and O–H groups in total. The smallest absolute Gasteiger partial charge is 0.191 e. The van der Waals surface area contributed by atoms with E-state index in [-0.39, 0.29) is 0 Å². The van der Waals surface area contributed by atoms with Gasteiger partial charge in [-0.1, -0.05) is 116 Å². The van der Waals surface area contributed by atoms with Gasteiger partial charge in [-0.05, 0) is 121 Å². The summed E-state index contributed by atoms with van der Waals surface area (Å²) >= 11 is 3.80. The van der Waals surface area contributed by atoms with Crippen molar-refractivity contribution in [2.75, 3.05) is 13.2 Å². The van der Waals surface area contributed by atoms with E-state index in [4.69, 9.17) is 8.85 Å². The summed E-state index contributed by atoms with van der Waals surface area (Å²) in [6.07, 6.45) is 12.2. The molecule has 274 valence electrons. The summed E-state index contributed by atoms with van der Waals surface area (Å²) in [5.41, 5.74) is 5.53. The normalized spacial score (nSPS) is 12.9. The quantitative estimate of drug-likeness (QED) is 0.0703. The zero-order valence-electron chi connectivity index (χ0n) is 33.0. The van der Waals surface area contributed by atoms with Crippen LogP contribution < -0.4 is 0 Å². The van der Waals surface area contributed by atoms with Crippen LogP contribution in [0.2, 0.25) is 36.3 Å². The van der Waals surface area contributed by atoms with Gasteiger partial charge in [0.15, 0.2) is 16.6 Å². The highest BCUT2D eigenvalue weighted by Crippen LogP contribution is 2.41. The molecule has 2 nitrogen and oxygen atoms in total. The zero-order valence-corrected chi connectivity index (χ0v) is 36.7. The van der Waals surface area contributed by atoms with Crippen LogP contribution in [0.5, 0.6) is 0 Å². The average Bonchev–Trinajstić information content (AvgIpc) is 3.74. The van der Waals surface area contributed by atoms with Gasteiger partial charge in [0.05, 0.1) is 0 Å². The minimum atomic E-state index is -1.61. The highest BCUT2D eigenvalue weighted by Gasteiger charge is 2.37. The van der Waals surface area contributed by atoms with Crippen molar-refractivity contribution < 1.29 is 8.85 Å². The molecular weight excluding hydrogens is 681 g/mol. The lowest BCUT2D eigenvalue weighted by molar-refractivity contribution is 0.277. The van der Waals surface area contributed by atoms with E-state index in [9.17, 15) is 0 Å². The lowest BCUT2D eigenvalue weighted by atomic mass is 10.0. The summed E-state index contributed by atoms with van der Waals surface area (Å²) < 4.78 is 12.7. The van der Waals surface area contributed by atoms with E-state index in [1.54, 1.807) is 0 Å². The number of aryl methyl sites for hydroxylation is 2. The second-order valence-corrected chi connectivity index (χ2v) is 29.1. The first-order valence-electron chi connectivity index (χ1n) is 19.2. The van der Waals surface area contributed by atoms with Crippen molar-refractivity contribution in [2.45, 2.75) is 142 Å². The monoisotopic (exact) mass is 746 g/mol. The number of rotatable bonds is 19. The van der Waals surface area contributed by atoms with Crippen LogP contribution in [0.25, 0.3) is 30.6 Å². The first-order chi connectivity index (χ1) is 23.6. The average molecular weight is 747 g/mol. The summed E-state index contributed by atoms with van der Waals surface area (Å²) in [7, 11) is -3.21. The van der Waals surface area contributed by atoms with Crippen molar-refractivity contribution in [3.8, 4) is 30.6 Å². The first-order valence-corrected chi connectivity index (χ1v) is 26.7. The molecule has 0 bridgehead atoms. The van der Waals surface area contributed by atoms with Crippen molar-refractivity contribution >= 4 is 39.3 Å². The Labute approximate surface area is 316 Å². The maximum absolute atomic E-state index is 6.34. The third-order valence-electron chi connectivity index (χ3n) is 11.2. The minimum absolute atomic E-state index is 0.298. The molecule has 0 saturated carbocycles. The van der Waals surface area contributed by atoms with Gasteiger partial charge in [-0.3, -0.25) is 0 Å². The topological polar surface area (TPSA) is 18.5 Å². The lowest BCUT2D eigenvalue weighted by Crippen LogP contribution is -2.40. The van der Waals surface area contributed by atoms with Gasteiger partial charge in [0.2, 0.25) is 0 Å². The van der Waals surface area contributed by atoms with Gasteiger partial charge >= 0.3 is 0 Å². The Morgan fingerprint density at radius 2 is 0.740 bits per heavy atom. The van der Waals surface area contributed by atoms with Gasteiger partial charge < -0.3 is 8.85 Å². The maximum Gasteiger partial charge on any atom is 0.191 e. The van der Waals surface area contributed by atoms with Gasteiger partial charge in [0, 0.05) is 32.7 Å². The molecule has 0 aliphatic rings. The zero-order chi connectivity index (χ0) is 36.4. The van der Waals surface area contributed by atoms with Gasteiger partial charge in [0.1, 0.15) is 0 Å². The number of unbranched alkanes of at least 4 members (excludes halogenated alkanes) is 6. The highest BCUT2D eigenvalue weighted by atomic mass is 32.1. The van der Waals surface area contributed by atoms with Crippen LogP contribution >= 0.6 is 22.7 Å². The molecule has 2 aromatic heterocycles. The SMILES string of the molecule is CC(C)(C)[Si](C)(C)OCCCCCCc1ccc(-c2ccc(-c3ccc(-c4ccc(CCCCCCO[Si](C)(C)C(C)(C)C)cc4)s3)s2)cc1. The molecule has 0 saturated heterocycles. The molecule has 6 heteroatoms. The Morgan fingerprint density at radius 1 is 0.420 bits per heavy atom. The standard InChI is InChI=1S/C44H66O2S2Si2/c1-43(2,3)49(7,8)45-33-17-13-11-15-19-35-21-25-37(26-22-35)39-29-31-41(47-39)42-32-30-40(48-42)38-27-23-36(24-28-38)20-16-12-14-18-34-46-50(9,10)44(4,5)6/h21-32H,11-20,33-34H2,1-10H3. The summed E-state index contributed by atoms with van der Waals surface area (Å²) in [6.45, 7) is 25.1. The highest BCUT2D eigenvalue weighted by molar-refractivity contribution is 7.25. The van der Waals surface area contributed by atoms with Crippen LogP contribution in [0.1, 0.15) is 104 Å². The van der Waals surface area contributed by atoms with E-state index in [1.807, 2.05) is 22.7 Å². The van der Waals surface area contributed by atoms with E-state index in [1.165, 1.54) is 93.1 Å². The van der Waals surface area contributed by atoms with E-state index in [2.05, 4.69) is 141 Å². The van der Waals surface area contributed by atoms with Gasteiger partial charge in [-0.2, -0.15) is 0 Å². The molecule has 4 aromatic rings. The van der Waals surface area contributed by atoms with Crippen molar-refractivity contribution in [3.05, 3.63) is 83.9 Å². The molecule has 0 aliphatic carbocycles. The van der Waals surface area contributed by atoms with Crippen LogP contribution in [0, 0.1) is 0 Å². The number of thiophene rings is 2.